The van der Waals surface area contributed by atoms with E-state index in [9.17, 15) is 4.79 Å². The van der Waals surface area contributed by atoms with Crippen molar-refractivity contribution in [3.63, 3.8) is 0 Å². The van der Waals surface area contributed by atoms with Crippen LogP contribution in [0.5, 0.6) is 17.2 Å². The molecule has 4 heteroatoms. The summed E-state index contributed by atoms with van der Waals surface area (Å²) in [6.07, 6.45) is 2.88. The summed E-state index contributed by atoms with van der Waals surface area (Å²) in [6.45, 7) is 4.11. The molecule has 2 heterocycles. The van der Waals surface area contributed by atoms with Crippen LogP contribution in [0.25, 0.3) is 0 Å². The average molecular weight is 262 g/mol. The van der Waals surface area contributed by atoms with Crippen molar-refractivity contribution in [2.75, 3.05) is 7.11 Å². The zero-order valence-corrected chi connectivity index (χ0v) is 11.5. The van der Waals surface area contributed by atoms with Crippen LogP contribution in [0.2, 0.25) is 0 Å². The molecule has 0 N–H and O–H groups in total. The lowest BCUT2D eigenvalue weighted by Crippen LogP contribution is -2.33. The van der Waals surface area contributed by atoms with Gasteiger partial charge in [0, 0.05) is 5.56 Å². The highest BCUT2D eigenvalue weighted by Gasteiger charge is 2.34. The SMILES string of the molecule is COc1cc2c(c3c1OC(C)(C)CC3)OC(=O)CC2. The molecule has 0 saturated heterocycles. The van der Waals surface area contributed by atoms with Crippen LogP contribution in [-0.4, -0.2) is 18.7 Å². The third-order valence-electron chi connectivity index (χ3n) is 3.76. The molecule has 2 aliphatic rings. The van der Waals surface area contributed by atoms with Gasteiger partial charge >= 0.3 is 5.97 Å². The maximum Gasteiger partial charge on any atom is 0.311 e. The van der Waals surface area contributed by atoms with Gasteiger partial charge in [0.2, 0.25) is 0 Å². The van der Waals surface area contributed by atoms with Crippen LogP contribution in [0.15, 0.2) is 6.07 Å². The van der Waals surface area contributed by atoms with Crippen LogP contribution in [0.4, 0.5) is 0 Å². The summed E-state index contributed by atoms with van der Waals surface area (Å²) in [5.74, 6) is 2.00. The average Bonchev–Trinajstić information content (AvgIpc) is 2.36. The van der Waals surface area contributed by atoms with E-state index in [1.165, 1.54) is 0 Å². The Labute approximate surface area is 112 Å². The summed E-state index contributed by atoms with van der Waals surface area (Å²) in [4.78, 5) is 11.5. The number of hydrogen-bond donors (Lipinski definition) is 0. The van der Waals surface area contributed by atoms with E-state index in [0.717, 1.165) is 35.5 Å². The molecule has 102 valence electrons. The molecule has 0 aliphatic carbocycles. The fourth-order valence-corrected chi connectivity index (χ4v) is 2.69. The Balaban J connectivity index is 2.15. The highest BCUT2D eigenvalue weighted by molar-refractivity contribution is 5.77. The van der Waals surface area contributed by atoms with Crippen molar-refractivity contribution < 1.29 is 19.0 Å². The van der Waals surface area contributed by atoms with Gasteiger partial charge in [-0.05, 0) is 44.7 Å². The standard InChI is InChI=1S/C15H18O4/c1-15(2)7-6-10-13-9(4-5-12(16)18-13)8-11(17-3)14(10)19-15/h8H,4-7H2,1-3H3. The van der Waals surface area contributed by atoms with Crippen LogP contribution < -0.4 is 14.2 Å². The van der Waals surface area contributed by atoms with Gasteiger partial charge in [-0.3, -0.25) is 4.79 Å². The van der Waals surface area contributed by atoms with Crippen LogP contribution in [-0.2, 0) is 17.6 Å². The van der Waals surface area contributed by atoms with Gasteiger partial charge in [0.15, 0.2) is 11.5 Å². The molecule has 3 rings (SSSR count). The van der Waals surface area contributed by atoms with E-state index in [1.807, 2.05) is 6.07 Å². The first kappa shape index (κ1) is 12.3. The number of esters is 1. The number of ether oxygens (including phenoxy) is 3. The smallest absolute Gasteiger partial charge is 0.311 e. The topological polar surface area (TPSA) is 44.8 Å². The van der Waals surface area contributed by atoms with E-state index in [2.05, 4.69) is 13.8 Å². The quantitative estimate of drug-likeness (QED) is 0.576. The first-order valence-corrected chi connectivity index (χ1v) is 6.62. The third-order valence-corrected chi connectivity index (χ3v) is 3.76. The van der Waals surface area contributed by atoms with E-state index >= 15 is 0 Å². The van der Waals surface area contributed by atoms with Crippen molar-refractivity contribution in [3.8, 4) is 17.2 Å². The van der Waals surface area contributed by atoms with E-state index in [1.54, 1.807) is 7.11 Å². The fraction of sp³-hybridized carbons (Fsp3) is 0.533. The van der Waals surface area contributed by atoms with Crippen LogP contribution in [0.1, 0.15) is 37.8 Å². The van der Waals surface area contributed by atoms with Crippen LogP contribution in [0, 0.1) is 0 Å². The molecular formula is C15H18O4. The van der Waals surface area contributed by atoms with Crippen molar-refractivity contribution in [2.45, 2.75) is 45.1 Å². The number of hydrogen-bond acceptors (Lipinski definition) is 4. The summed E-state index contributed by atoms with van der Waals surface area (Å²) in [6, 6.07) is 1.93. The number of fused-ring (bicyclic) bond motifs is 3. The molecule has 0 unspecified atom stereocenters. The normalized spacial score (nSPS) is 19.8. The predicted molar refractivity (Wildman–Crippen MR) is 70.0 cm³/mol. The number of benzene rings is 1. The predicted octanol–water partition coefficient (Wildman–Crippen LogP) is 2.65. The lowest BCUT2D eigenvalue weighted by Gasteiger charge is -2.35. The molecule has 0 amide bonds. The lowest BCUT2D eigenvalue weighted by atomic mass is 9.90. The minimum atomic E-state index is -0.215. The first-order valence-electron chi connectivity index (χ1n) is 6.62. The summed E-state index contributed by atoms with van der Waals surface area (Å²) >= 11 is 0. The van der Waals surface area contributed by atoms with Crippen molar-refractivity contribution in [1.82, 2.24) is 0 Å². The van der Waals surface area contributed by atoms with Gasteiger partial charge in [0.1, 0.15) is 11.4 Å². The second-order valence-electron chi connectivity index (χ2n) is 5.71. The van der Waals surface area contributed by atoms with E-state index in [4.69, 9.17) is 14.2 Å². The lowest BCUT2D eigenvalue weighted by molar-refractivity contribution is -0.135. The molecule has 0 atom stereocenters. The number of carbonyl (C=O) groups is 1. The van der Waals surface area contributed by atoms with Gasteiger partial charge in [-0.1, -0.05) is 0 Å². The molecule has 1 aromatic rings. The Morgan fingerprint density at radius 1 is 1.21 bits per heavy atom. The molecule has 0 radical (unpaired) electrons. The molecule has 4 nitrogen and oxygen atoms in total. The Morgan fingerprint density at radius 3 is 2.74 bits per heavy atom. The minimum Gasteiger partial charge on any atom is -0.493 e. The summed E-state index contributed by atoms with van der Waals surface area (Å²) in [5.41, 5.74) is 1.80. The zero-order valence-electron chi connectivity index (χ0n) is 11.5. The van der Waals surface area contributed by atoms with Crippen molar-refractivity contribution >= 4 is 5.97 Å². The third kappa shape index (κ3) is 2.05. The van der Waals surface area contributed by atoms with Gasteiger partial charge in [0.25, 0.3) is 0 Å². The van der Waals surface area contributed by atoms with Crippen molar-refractivity contribution in [3.05, 3.63) is 17.2 Å². The van der Waals surface area contributed by atoms with Crippen LogP contribution >= 0.6 is 0 Å². The molecule has 0 saturated carbocycles. The Kier molecular flexibility index (Phi) is 2.69. The second-order valence-corrected chi connectivity index (χ2v) is 5.71. The highest BCUT2D eigenvalue weighted by atomic mass is 16.5. The summed E-state index contributed by atoms with van der Waals surface area (Å²) in [7, 11) is 1.64. The number of carbonyl (C=O) groups excluding carboxylic acids is 1. The molecule has 2 aliphatic heterocycles. The highest BCUT2D eigenvalue weighted by Crippen LogP contribution is 2.47. The van der Waals surface area contributed by atoms with Gasteiger partial charge < -0.3 is 14.2 Å². The van der Waals surface area contributed by atoms with E-state index < -0.39 is 0 Å². The van der Waals surface area contributed by atoms with Gasteiger partial charge in [-0.25, -0.2) is 0 Å². The molecule has 19 heavy (non-hydrogen) atoms. The monoisotopic (exact) mass is 262 g/mol. The van der Waals surface area contributed by atoms with Crippen molar-refractivity contribution in [1.29, 1.82) is 0 Å². The molecule has 0 spiro atoms. The van der Waals surface area contributed by atoms with Gasteiger partial charge in [-0.2, -0.15) is 0 Å². The number of aryl methyl sites for hydroxylation is 1. The summed E-state index contributed by atoms with van der Waals surface area (Å²) in [5, 5.41) is 0. The van der Waals surface area contributed by atoms with Gasteiger partial charge in [0.05, 0.1) is 13.5 Å². The fourth-order valence-electron chi connectivity index (χ4n) is 2.69. The Bertz CT molecular complexity index is 546. The number of methoxy groups -OCH3 is 1. The second kappa shape index (κ2) is 4.15. The van der Waals surface area contributed by atoms with Gasteiger partial charge in [-0.15, -0.1) is 0 Å². The number of rotatable bonds is 1. The molecule has 0 bridgehead atoms. The molecule has 0 fully saturated rings. The molecule has 0 aromatic heterocycles. The maximum atomic E-state index is 11.5. The van der Waals surface area contributed by atoms with Crippen molar-refractivity contribution in [2.24, 2.45) is 0 Å². The summed E-state index contributed by atoms with van der Waals surface area (Å²) < 4.78 is 16.9. The Hall–Kier alpha value is -1.71. The first-order chi connectivity index (χ1) is 9.00. The molecule has 1 aromatic carbocycles. The minimum absolute atomic E-state index is 0.162. The molecular weight excluding hydrogens is 244 g/mol. The zero-order chi connectivity index (χ0) is 13.6. The van der Waals surface area contributed by atoms with E-state index in [0.29, 0.717) is 18.6 Å². The van der Waals surface area contributed by atoms with Crippen LogP contribution in [0.3, 0.4) is 0 Å². The largest absolute Gasteiger partial charge is 0.493 e. The maximum absolute atomic E-state index is 11.5. The van der Waals surface area contributed by atoms with E-state index in [-0.39, 0.29) is 11.6 Å². The Morgan fingerprint density at radius 2 is 2.00 bits per heavy atom.